The first-order chi connectivity index (χ1) is 11.6. The molecule has 1 heterocycles. The fraction of sp³-hybridized carbons (Fsp3) is 0.588. The second kappa shape index (κ2) is 11.0. The van der Waals surface area contributed by atoms with Crippen LogP contribution in [0.2, 0.25) is 0 Å². The molecule has 0 aromatic heterocycles. The predicted octanol–water partition coefficient (Wildman–Crippen LogP) is 2.01. The average molecular weight is 481 g/mol. The Balaban J connectivity index is 0.00000312. The molecule has 1 saturated heterocycles. The summed E-state index contributed by atoms with van der Waals surface area (Å²) >= 11 is 0. The van der Waals surface area contributed by atoms with E-state index in [1.54, 1.807) is 38.4 Å². The van der Waals surface area contributed by atoms with Crippen molar-refractivity contribution in [2.75, 3.05) is 46.2 Å². The maximum Gasteiger partial charge on any atom is 0.193 e. The maximum absolute atomic E-state index is 12.2. The minimum Gasteiger partial charge on any atom is -0.384 e. The number of hydrogen-bond acceptors (Lipinski definition) is 4. The largest absolute Gasteiger partial charge is 0.384 e. The molecular weight excluding hydrogens is 453 g/mol. The van der Waals surface area contributed by atoms with Gasteiger partial charge in [-0.2, -0.15) is 0 Å². The Morgan fingerprint density at radius 3 is 2.72 bits per heavy atom. The van der Waals surface area contributed by atoms with Gasteiger partial charge in [-0.25, -0.2) is 8.42 Å². The zero-order chi connectivity index (χ0) is 17.4. The second-order valence-electron chi connectivity index (χ2n) is 6.02. The number of rotatable bonds is 7. The lowest BCUT2D eigenvalue weighted by Crippen LogP contribution is -2.41. The highest BCUT2D eigenvalue weighted by Crippen LogP contribution is 2.16. The first-order valence-electron chi connectivity index (χ1n) is 8.29. The van der Waals surface area contributed by atoms with Gasteiger partial charge in [0.15, 0.2) is 15.8 Å². The van der Waals surface area contributed by atoms with Crippen LogP contribution in [-0.4, -0.2) is 65.4 Å². The Hall–Kier alpha value is -0.870. The van der Waals surface area contributed by atoms with E-state index in [1.165, 1.54) is 0 Å². The van der Waals surface area contributed by atoms with Gasteiger partial charge in [-0.3, -0.25) is 4.99 Å². The van der Waals surface area contributed by atoms with Crippen molar-refractivity contribution in [1.29, 1.82) is 0 Å². The number of benzene rings is 1. The van der Waals surface area contributed by atoms with Gasteiger partial charge in [-0.05, 0) is 25.0 Å². The SMILES string of the molecule is CN=C(NCCCS(=O)(=O)c1ccccc1)N1CCC(COC)C1.I. The molecule has 0 radical (unpaired) electrons. The second-order valence-corrected chi connectivity index (χ2v) is 8.12. The Morgan fingerprint density at radius 2 is 2.08 bits per heavy atom. The van der Waals surface area contributed by atoms with E-state index in [4.69, 9.17) is 4.74 Å². The third-order valence-corrected chi connectivity index (χ3v) is 5.99. The van der Waals surface area contributed by atoms with Crippen molar-refractivity contribution in [1.82, 2.24) is 10.2 Å². The van der Waals surface area contributed by atoms with Crippen LogP contribution in [0.4, 0.5) is 0 Å². The van der Waals surface area contributed by atoms with Gasteiger partial charge >= 0.3 is 0 Å². The van der Waals surface area contributed by atoms with Crippen LogP contribution in [0.1, 0.15) is 12.8 Å². The molecule has 1 aliphatic rings. The highest BCUT2D eigenvalue weighted by molar-refractivity contribution is 14.0. The van der Waals surface area contributed by atoms with Crippen molar-refractivity contribution in [3.05, 3.63) is 30.3 Å². The van der Waals surface area contributed by atoms with Gasteiger partial charge < -0.3 is 15.0 Å². The summed E-state index contributed by atoms with van der Waals surface area (Å²) in [5, 5.41) is 3.27. The van der Waals surface area contributed by atoms with Crippen LogP contribution in [0.3, 0.4) is 0 Å². The topological polar surface area (TPSA) is 71.0 Å². The fourth-order valence-corrected chi connectivity index (χ4v) is 4.27. The Kier molecular flexibility index (Phi) is 9.73. The minimum absolute atomic E-state index is 0. The standard InChI is InChI=1S/C17H27N3O3S.HI/c1-18-17(20-11-9-15(13-20)14-23-2)19-10-6-12-24(21,22)16-7-4-3-5-8-16;/h3-5,7-8,15H,6,9-14H2,1-2H3,(H,18,19);1H. The quantitative estimate of drug-likeness (QED) is 0.279. The fourth-order valence-electron chi connectivity index (χ4n) is 2.94. The Bertz CT molecular complexity index is 638. The van der Waals surface area contributed by atoms with Crippen molar-refractivity contribution in [2.24, 2.45) is 10.9 Å². The number of halogens is 1. The van der Waals surface area contributed by atoms with Crippen LogP contribution < -0.4 is 5.32 Å². The van der Waals surface area contributed by atoms with Gasteiger partial charge in [-0.1, -0.05) is 18.2 Å². The number of sulfone groups is 1. The van der Waals surface area contributed by atoms with E-state index in [0.29, 0.717) is 23.8 Å². The van der Waals surface area contributed by atoms with Gasteiger partial charge in [0.05, 0.1) is 17.3 Å². The number of guanidine groups is 1. The number of methoxy groups -OCH3 is 1. The molecule has 1 unspecified atom stereocenters. The molecule has 1 aromatic carbocycles. The zero-order valence-electron chi connectivity index (χ0n) is 14.8. The molecule has 8 heteroatoms. The van der Waals surface area contributed by atoms with Crippen molar-refractivity contribution < 1.29 is 13.2 Å². The smallest absolute Gasteiger partial charge is 0.193 e. The molecule has 2 rings (SSSR count). The lowest BCUT2D eigenvalue weighted by atomic mass is 10.1. The molecule has 25 heavy (non-hydrogen) atoms. The molecule has 1 N–H and O–H groups in total. The van der Waals surface area contributed by atoms with E-state index >= 15 is 0 Å². The van der Waals surface area contributed by atoms with Crippen LogP contribution >= 0.6 is 24.0 Å². The highest BCUT2D eigenvalue weighted by atomic mass is 127. The van der Waals surface area contributed by atoms with Gasteiger partial charge in [0.2, 0.25) is 0 Å². The number of nitrogens with zero attached hydrogens (tertiary/aromatic N) is 2. The van der Waals surface area contributed by atoms with E-state index in [-0.39, 0.29) is 29.7 Å². The molecule has 1 aliphatic heterocycles. The van der Waals surface area contributed by atoms with Gasteiger partial charge in [0, 0.05) is 39.7 Å². The zero-order valence-corrected chi connectivity index (χ0v) is 18.0. The lowest BCUT2D eigenvalue weighted by Gasteiger charge is -2.21. The number of ether oxygens (including phenoxy) is 1. The molecule has 0 aliphatic carbocycles. The van der Waals surface area contributed by atoms with Crippen molar-refractivity contribution in [3.8, 4) is 0 Å². The molecule has 142 valence electrons. The molecule has 0 amide bonds. The van der Waals surface area contributed by atoms with Crippen LogP contribution in [-0.2, 0) is 14.6 Å². The average Bonchev–Trinajstić information content (AvgIpc) is 3.04. The normalized spacial score (nSPS) is 18.1. The van der Waals surface area contributed by atoms with Crippen LogP contribution in [0.25, 0.3) is 0 Å². The number of hydrogen-bond donors (Lipinski definition) is 1. The third-order valence-electron chi connectivity index (χ3n) is 4.17. The molecule has 1 fully saturated rings. The first-order valence-corrected chi connectivity index (χ1v) is 9.94. The van der Waals surface area contributed by atoms with E-state index < -0.39 is 9.84 Å². The Labute approximate surface area is 168 Å². The number of aliphatic imine (C=N–C) groups is 1. The molecule has 0 saturated carbocycles. The predicted molar refractivity (Wildman–Crippen MR) is 111 cm³/mol. The minimum atomic E-state index is -3.21. The number of likely N-dealkylation sites (tertiary alicyclic amines) is 1. The summed E-state index contributed by atoms with van der Waals surface area (Å²) in [6, 6.07) is 8.59. The molecular formula is C17H28IN3O3S. The van der Waals surface area contributed by atoms with Crippen LogP contribution in [0, 0.1) is 5.92 Å². The van der Waals surface area contributed by atoms with Crippen molar-refractivity contribution in [2.45, 2.75) is 17.7 Å². The van der Waals surface area contributed by atoms with Crippen molar-refractivity contribution in [3.63, 3.8) is 0 Å². The molecule has 1 aromatic rings. The summed E-state index contributed by atoms with van der Waals surface area (Å²) in [7, 11) is 0.272. The van der Waals surface area contributed by atoms with Gasteiger partial charge in [0.1, 0.15) is 0 Å². The molecule has 6 nitrogen and oxygen atoms in total. The summed E-state index contributed by atoms with van der Waals surface area (Å²) in [6.07, 6.45) is 1.64. The maximum atomic E-state index is 12.2. The number of nitrogens with one attached hydrogen (secondary N) is 1. The van der Waals surface area contributed by atoms with E-state index in [2.05, 4.69) is 15.2 Å². The summed E-state index contributed by atoms with van der Waals surface area (Å²) in [5.74, 6) is 1.51. The molecule has 0 spiro atoms. The molecule has 1 atom stereocenters. The summed E-state index contributed by atoms with van der Waals surface area (Å²) in [6.45, 7) is 3.23. The van der Waals surface area contributed by atoms with E-state index in [0.717, 1.165) is 32.1 Å². The molecule has 0 bridgehead atoms. The van der Waals surface area contributed by atoms with E-state index in [9.17, 15) is 8.42 Å². The van der Waals surface area contributed by atoms with Crippen molar-refractivity contribution >= 4 is 39.8 Å². The lowest BCUT2D eigenvalue weighted by molar-refractivity contribution is 0.157. The third kappa shape index (κ3) is 6.74. The van der Waals surface area contributed by atoms with Gasteiger partial charge in [0.25, 0.3) is 0 Å². The summed E-state index contributed by atoms with van der Waals surface area (Å²) < 4.78 is 29.7. The van der Waals surface area contributed by atoms with E-state index in [1.807, 2.05) is 6.07 Å². The monoisotopic (exact) mass is 481 g/mol. The van der Waals surface area contributed by atoms with Crippen LogP contribution in [0.5, 0.6) is 0 Å². The van der Waals surface area contributed by atoms with Gasteiger partial charge in [-0.15, -0.1) is 24.0 Å². The summed E-state index contributed by atoms with van der Waals surface area (Å²) in [4.78, 5) is 6.89. The summed E-state index contributed by atoms with van der Waals surface area (Å²) in [5.41, 5.74) is 0. The highest BCUT2D eigenvalue weighted by Gasteiger charge is 2.24. The first kappa shape index (κ1) is 22.2. The van der Waals surface area contributed by atoms with Crippen LogP contribution in [0.15, 0.2) is 40.2 Å². The Morgan fingerprint density at radius 1 is 1.36 bits per heavy atom.